The number of carbonyl (C=O) groups excluding carboxylic acids is 1. The summed E-state index contributed by atoms with van der Waals surface area (Å²) in [5.74, 6) is 0.156. The highest BCUT2D eigenvalue weighted by Crippen LogP contribution is 2.14. The van der Waals surface area contributed by atoms with E-state index in [1.165, 1.54) is 0 Å². The van der Waals surface area contributed by atoms with Crippen LogP contribution in [-0.2, 0) is 4.79 Å². The van der Waals surface area contributed by atoms with Gasteiger partial charge in [-0.05, 0) is 31.5 Å². The van der Waals surface area contributed by atoms with Crippen molar-refractivity contribution in [1.29, 1.82) is 0 Å². The molecule has 1 aromatic rings. The summed E-state index contributed by atoms with van der Waals surface area (Å²) in [5.41, 5.74) is 0.995. The van der Waals surface area contributed by atoms with Crippen LogP contribution in [0.4, 0.5) is 5.69 Å². The maximum absolute atomic E-state index is 12.2. The molecule has 0 radical (unpaired) electrons. The molecule has 1 amide bonds. The zero-order chi connectivity index (χ0) is 13.2. The molecule has 0 heterocycles. The van der Waals surface area contributed by atoms with Crippen LogP contribution in [0, 0.1) is 0 Å². The lowest BCUT2D eigenvalue weighted by Crippen LogP contribution is -2.39. The second kappa shape index (κ2) is 8.70. The molecule has 100 valence electrons. The molecule has 1 N–H and O–H groups in total. The van der Waals surface area contributed by atoms with E-state index in [1.54, 1.807) is 0 Å². The van der Waals surface area contributed by atoms with Crippen LogP contribution in [0.3, 0.4) is 0 Å². The van der Waals surface area contributed by atoms with Gasteiger partial charge < -0.3 is 10.2 Å². The van der Waals surface area contributed by atoms with E-state index in [0.717, 1.165) is 38.0 Å². The van der Waals surface area contributed by atoms with Gasteiger partial charge in [0.05, 0.1) is 6.54 Å². The third-order valence-corrected chi connectivity index (χ3v) is 2.81. The number of hydrogen-bond donors (Lipinski definition) is 1. The fraction of sp³-hybridized carbons (Fsp3) is 0.533. The average molecular weight is 248 g/mol. The normalized spacial score (nSPS) is 10.3. The first-order chi connectivity index (χ1) is 8.79. The predicted molar refractivity (Wildman–Crippen MR) is 76.9 cm³/mol. The standard InChI is InChI=1S/C15H24N2O/c1-3-5-12-17(14-9-7-6-8-10-14)15(18)13-16-11-4-2/h6-10,16H,3-5,11-13H2,1-2H3. The summed E-state index contributed by atoms with van der Waals surface area (Å²) < 4.78 is 0. The van der Waals surface area contributed by atoms with Gasteiger partial charge in [-0.15, -0.1) is 0 Å². The number of benzene rings is 1. The highest BCUT2D eigenvalue weighted by molar-refractivity contribution is 5.94. The van der Waals surface area contributed by atoms with Crippen molar-refractivity contribution in [3.8, 4) is 0 Å². The molecule has 0 aliphatic heterocycles. The Balaban J connectivity index is 2.63. The van der Waals surface area contributed by atoms with Crippen molar-refractivity contribution in [2.75, 3.05) is 24.5 Å². The Morgan fingerprint density at radius 2 is 1.89 bits per heavy atom. The number of amides is 1. The smallest absolute Gasteiger partial charge is 0.240 e. The van der Waals surface area contributed by atoms with Crippen LogP contribution < -0.4 is 10.2 Å². The topological polar surface area (TPSA) is 32.3 Å². The van der Waals surface area contributed by atoms with E-state index < -0.39 is 0 Å². The molecule has 1 aromatic carbocycles. The van der Waals surface area contributed by atoms with Crippen molar-refractivity contribution in [3.63, 3.8) is 0 Å². The monoisotopic (exact) mass is 248 g/mol. The van der Waals surface area contributed by atoms with E-state index in [9.17, 15) is 4.79 Å². The number of nitrogens with zero attached hydrogens (tertiary/aromatic N) is 1. The fourth-order valence-corrected chi connectivity index (χ4v) is 1.79. The summed E-state index contributed by atoms with van der Waals surface area (Å²) in [4.78, 5) is 14.1. The third kappa shape index (κ3) is 4.88. The molecule has 3 nitrogen and oxygen atoms in total. The zero-order valence-electron chi connectivity index (χ0n) is 11.5. The van der Waals surface area contributed by atoms with E-state index in [2.05, 4.69) is 19.2 Å². The van der Waals surface area contributed by atoms with Crippen molar-refractivity contribution < 1.29 is 4.79 Å². The number of unbranched alkanes of at least 4 members (excludes halogenated alkanes) is 1. The summed E-state index contributed by atoms with van der Waals surface area (Å²) in [6, 6.07) is 9.91. The van der Waals surface area contributed by atoms with Crippen LogP contribution in [0.2, 0.25) is 0 Å². The van der Waals surface area contributed by atoms with Crippen LogP contribution in [0.25, 0.3) is 0 Å². The minimum absolute atomic E-state index is 0.156. The largest absolute Gasteiger partial charge is 0.311 e. The Morgan fingerprint density at radius 3 is 2.50 bits per heavy atom. The van der Waals surface area contributed by atoms with Crippen LogP contribution in [0.5, 0.6) is 0 Å². The Hall–Kier alpha value is -1.35. The van der Waals surface area contributed by atoms with E-state index in [0.29, 0.717) is 6.54 Å². The Kier molecular flexibility index (Phi) is 7.11. The molecule has 0 saturated heterocycles. The minimum Gasteiger partial charge on any atom is -0.311 e. The second-order valence-corrected chi connectivity index (χ2v) is 4.41. The average Bonchev–Trinajstić information content (AvgIpc) is 2.41. The molecule has 0 fully saturated rings. The second-order valence-electron chi connectivity index (χ2n) is 4.41. The lowest BCUT2D eigenvalue weighted by Gasteiger charge is -2.23. The molecule has 18 heavy (non-hydrogen) atoms. The molecule has 0 aliphatic carbocycles. The Labute approximate surface area is 110 Å². The Bertz CT molecular complexity index is 338. The van der Waals surface area contributed by atoms with Gasteiger partial charge in [0, 0.05) is 12.2 Å². The Morgan fingerprint density at radius 1 is 1.17 bits per heavy atom. The summed E-state index contributed by atoms with van der Waals surface area (Å²) in [5, 5.41) is 3.17. The van der Waals surface area contributed by atoms with Crippen LogP contribution in [0.15, 0.2) is 30.3 Å². The van der Waals surface area contributed by atoms with Gasteiger partial charge >= 0.3 is 0 Å². The van der Waals surface area contributed by atoms with Gasteiger partial charge in [0.25, 0.3) is 0 Å². The molecule has 0 atom stereocenters. The van der Waals surface area contributed by atoms with Crippen LogP contribution in [0.1, 0.15) is 33.1 Å². The number of rotatable bonds is 8. The summed E-state index contributed by atoms with van der Waals surface area (Å²) in [6.07, 6.45) is 3.18. The number of hydrogen-bond acceptors (Lipinski definition) is 2. The summed E-state index contributed by atoms with van der Waals surface area (Å²) in [6.45, 7) is 6.36. The lowest BCUT2D eigenvalue weighted by molar-refractivity contribution is -0.117. The van der Waals surface area contributed by atoms with Crippen molar-refractivity contribution in [3.05, 3.63) is 30.3 Å². The number of nitrogens with one attached hydrogen (secondary N) is 1. The van der Waals surface area contributed by atoms with Gasteiger partial charge in [-0.3, -0.25) is 4.79 Å². The SMILES string of the molecule is CCCCN(C(=O)CNCCC)c1ccccc1. The number of anilines is 1. The van der Waals surface area contributed by atoms with E-state index in [4.69, 9.17) is 0 Å². The van der Waals surface area contributed by atoms with Crippen LogP contribution >= 0.6 is 0 Å². The predicted octanol–water partition coefficient (Wildman–Crippen LogP) is 2.82. The fourth-order valence-electron chi connectivity index (χ4n) is 1.79. The van der Waals surface area contributed by atoms with Crippen molar-refractivity contribution in [2.24, 2.45) is 0 Å². The molecule has 3 heteroatoms. The zero-order valence-corrected chi connectivity index (χ0v) is 11.5. The molecular weight excluding hydrogens is 224 g/mol. The van der Waals surface area contributed by atoms with Gasteiger partial charge in [0.15, 0.2) is 0 Å². The van der Waals surface area contributed by atoms with Crippen molar-refractivity contribution >= 4 is 11.6 Å². The maximum atomic E-state index is 12.2. The molecule has 0 aromatic heterocycles. The highest BCUT2D eigenvalue weighted by Gasteiger charge is 2.13. The van der Waals surface area contributed by atoms with E-state index >= 15 is 0 Å². The lowest BCUT2D eigenvalue weighted by atomic mass is 10.2. The third-order valence-electron chi connectivity index (χ3n) is 2.81. The summed E-state index contributed by atoms with van der Waals surface area (Å²) in [7, 11) is 0. The number of para-hydroxylation sites is 1. The first-order valence-corrected chi connectivity index (χ1v) is 6.85. The van der Waals surface area contributed by atoms with E-state index in [-0.39, 0.29) is 5.91 Å². The van der Waals surface area contributed by atoms with E-state index in [1.807, 2.05) is 35.2 Å². The minimum atomic E-state index is 0.156. The van der Waals surface area contributed by atoms with Gasteiger partial charge in [0.2, 0.25) is 5.91 Å². The first-order valence-electron chi connectivity index (χ1n) is 6.85. The summed E-state index contributed by atoms with van der Waals surface area (Å²) >= 11 is 0. The van der Waals surface area contributed by atoms with Crippen LogP contribution in [-0.4, -0.2) is 25.5 Å². The van der Waals surface area contributed by atoms with Crippen molar-refractivity contribution in [2.45, 2.75) is 33.1 Å². The molecule has 0 aliphatic rings. The molecule has 0 bridgehead atoms. The highest BCUT2D eigenvalue weighted by atomic mass is 16.2. The first kappa shape index (κ1) is 14.7. The molecule has 0 unspecified atom stereocenters. The maximum Gasteiger partial charge on any atom is 0.240 e. The van der Waals surface area contributed by atoms with Gasteiger partial charge in [-0.1, -0.05) is 38.5 Å². The molecule has 1 rings (SSSR count). The molecule has 0 spiro atoms. The van der Waals surface area contributed by atoms with Gasteiger partial charge in [-0.25, -0.2) is 0 Å². The molecular formula is C15H24N2O. The number of carbonyl (C=O) groups is 1. The van der Waals surface area contributed by atoms with Gasteiger partial charge in [0.1, 0.15) is 0 Å². The molecule has 0 saturated carbocycles. The van der Waals surface area contributed by atoms with Crippen molar-refractivity contribution in [1.82, 2.24) is 5.32 Å². The van der Waals surface area contributed by atoms with Gasteiger partial charge in [-0.2, -0.15) is 0 Å². The quantitative estimate of drug-likeness (QED) is 0.717.